The minimum Gasteiger partial charge on any atom is -0.375 e. The zero-order chi connectivity index (χ0) is 11.4. The largest absolute Gasteiger partial charge is 0.375 e. The van der Waals surface area contributed by atoms with Crippen molar-refractivity contribution in [3.63, 3.8) is 0 Å². The molecule has 0 heterocycles. The molecule has 0 amide bonds. The molecule has 2 heteroatoms. The molecule has 0 spiro atoms. The average Bonchev–Trinajstić information content (AvgIpc) is 2.35. The molecule has 0 saturated carbocycles. The summed E-state index contributed by atoms with van der Waals surface area (Å²) in [5.41, 5.74) is 1.25. The van der Waals surface area contributed by atoms with Gasteiger partial charge in [-0.25, -0.2) is 0 Å². The monoisotopic (exact) mass is 215 g/mol. The molecule has 0 aliphatic rings. The first kappa shape index (κ1) is 11.1. The van der Waals surface area contributed by atoms with Gasteiger partial charge in [0.2, 0.25) is 0 Å². The summed E-state index contributed by atoms with van der Waals surface area (Å²) in [6, 6.07) is 14.7. The second kappa shape index (κ2) is 5.10. The van der Waals surface area contributed by atoms with Gasteiger partial charge in [0.1, 0.15) is 0 Å². The third-order valence-corrected chi connectivity index (χ3v) is 2.84. The molecule has 0 aliphatic carbocycles. The maximum absolute atomic E-state index is 5.52. The summed E-state index contributed by atoms with van der Waals surface area (Å²) in [5.74, 6) is 0. The molecule has 2 aromatic carbocycles. The maximum Gasteiger partial charge on any atom is 0.0951 e. The Hall–Kier alpha value is -1.38. The predicted octanol–water partition coefficient (Wildman–Crippen LogP) is 2.75. The van der Waals surface area contributed by atoms with Crippen molar-refractivity contribution < 1.29 is 4.74 Å². The quantitative estimate of drug-likeness (QED) is 0.846. The Morgan fingerprint density at radius 2 is 1.88 bits per heavy atom. The van der Waals surface area contributed by atoms with E-state index in [1.165, 1.54) is 16.3 Å². The lowest BCUT2D eigenvalue weighted by atomic mass is 10.0. The third-order valence-electron chi connectivity index (χ3n) is 2.84. The highest BCUT2D eigenvalue weighted by atomic mass is 16.5. The topological polar surface area (TPSA) is 21.3 Å². The van der Waals surface area contributed by atoms with Crippen LogP contribution in [0.4, 0.5) is 0 Å². The van der Waals surface area contributed by atoms with Crippen molar-refractivity contribution in [3.05, 3.63) is 48.0 Å². The summed E-state index contributed by atoms with van der Waals surface area (Å²) in [4.78, 5) is 0. The van der Waals surface area contributed by atoms with Crippen LogP contribution in [0.1, 0.15) is 11.7 Å². The number of benzene rings is 2. The van der Waals surface area contributed by atoms with E-state index in [1.54, 1.807) is 7.11 Å². The number of rotatable bonds is 4. The van der Waals surface area contributed by atoms with Crippen LogP contribution in [0.25, 0.3) is 10.8 Å². The van der Waals surface area contributed by atoms with Crippen LogP contribution >= 0.6 is 0 Å². The van der Waals surface area contributed by atoms with Gasteiger partial charge in [-0.2, -0.15) is 0 Å². The Morgan fingerprint density at radius 3 is 2.62 bits per heavy atom. The van der Waals surface area contributed by atoms with Crippen molar-refractivity contribution in [2.24, 2.45) is 0 Å². The van der Waals surface area contributed by atoms with Gasteiger partial charge < -0.3 is 10.1 Å². The summed E-state index contributed by atoms with van der Waals surface area (Å²) in [6.07, 6.45) is 0.107. The van der Waals surface area contributed by atoms with Gasteiger partial charge in [0.15, 0.2) is 0 Å². The van der Waals surface area contributed by atoms with Gasteiger partial charge in [0.05, 0.1) is 6.10 Å². The van der Waals surface area contributed by atoms with Crippen molar-refractivity contribution in [3.8, 4) is 0 Å². The van der Waals surface area contributed by atoms with Gasteiger partial charge in [-0.05, 0) is 23.4 Å². The maximum atomic E-state index is 5.52. The molecule has 0 aliphatic heterocycles. The molecule has 0 fully saturated rings. The number of hydrogen-bond acceptors (Lipinski definition) is 2. The van der Waals surface area contributed by atoms with E-state index in [0.29, 0.717) is 0 Å². The van der Waals surface area contributed by atoms with Gasteiger partial charge in [0.25, 0.3) is 0 Å². The number of methoxy groups -OCH3 is 1. The Balaban J connectivity index is 2.50. The molecule has 0 saturated heterocycles. The van der Waals surface area contributed by atoms with Crippen molar-refractivity contribution >= 4 is 10.8 Å². The lowest BCUT2D eigenvalue weighted by molar-refractivity contribution is 0.105. The van der Waals surface area contributed by atoms with Crippen LogP contribution in [-0.4, -0.2) is 20.7 Å². The Kier molecular flexibility index (Phi) is 3.54. The highest BCUT2D eigenvalue weighted by Crippen LogP contribution is 2.25. The van der Waals surface area contributed by atoms with E-state index < -0.39 is 0 Å². The first-order valence-corrected chi connectivity index (χ1v) is 5.52. The molecular formula is C14H17NO. The van der Waals surface area contributed by atoms with Crippen molar-refractivity contribution in [2.45, 2.75) is 6.10 Å². The smallest absolute Gasteiger partial charge is 0.0951 e. The number of likely N-dealkylation sites (N-methyl/N-ethyl adjacent to an activating group) is 1. The first-order valence-electron chi connectivity index (χ1n) is 5.52. The molecule has 2 rings (SSSR count). The van der Waals surface area contributed by atoms with Gasteiger partial charge >= 0.3 is 0 Å². The van der Waals surface area contributed by atoms with Crippen LogP contribution in [0.15, 0.2) is 42.5 Å². The number of fused-ring (bicyclic) bond motifs is 1. The summed E-state index contributed by atoms with van der Waals surface area (Å²) < 4.78 is 5.52. The van der Waals surface area contributed by atoms with E-state index in [1.807, 2.05) is 7.05 Å². The van der Waals surface area contributed by atoms with Crippen LogP contribution < -0.4 is 5.32 Å². The van der Waals surface area contributed by atoms with E-state index in [4.69, 9.17) is 4.74 Å². The Bertz CT molecular complexity index is 462. The summed E-state index contributed by atoms with van der Waals surface area (Å²) in [5, 5.41) is 5.69. The average molecular weight is 215 g/mol. The van der Waals surface area contributed by atoms with Gasteiger partial charge in [-0.1, -0.05) is 42.5 Å². The number of hydrogen-bond donors (Lipinski definition) is 1. The fourth-order valence-corrected chi connectivity index (χ4v) is 2.04. The SMILES string of the molecule is CNCC(OC)c1cccc2ccccc12. The molecule has 2 nitrogen and oxygen atoms in total. The molecule has 1 N–H and O–H groups in total. The Labute approximate surface area is 96.2 Å². The molecule has 0 aromatic heterocycles. The van der Waals surface area contributed by atoms with Gasteiger partial charge in [-0.15, -0.1) is 0 Å². The summed E-state index contributed by atoms with van der Waals surface area (Å²) >= 11 is 0. The summed E-state index contributed by atoms with van der Waals surface area (Å²) in [7, 11) is 3.70. The third kappa shape index (κ3) is 2.08. The number of ether oxygens (including phenoxy) is 1. The lowest BCUT2D eigenvalue weighted by Gasteiger charge is -2.17. The molecular weight excluding hydrogens is 198 g/mol. The van der Waals surface area contributed by atoms with Crippen LogP contribution in [0.2, 0.25) is 0 Å². The standard InChI is InChI=1S/C14H17NO/c1-15-10-14(16-2)13-9-5-7-11-6-3-4-8-12(11)13/h3-9,14-15H,10H2,1-2H3. The molecule has 0 bridgehead atoms. The van der Waals surface area contributed by atoms with Crippen molar-refractivity contribution in [1.82, 2.24) is 5.32 Å². The lowest BCUT2D eigenvalue weighted by Crippen LogP contribution is -2.18. The highest BCUT2D eigenvalue weighted by molar-refractivity contribution is 5.86. The molecule has 1 atom stereocenters. The van der Waals surface area contributed by atoms with Crippen LogP contribution in [0.5, 0.6) is 0 Å². The van der Waals surface area contributed by atoms with Crippen LogP contribution in [0, 0.1) is 0 Å². The zero-order valence-corrected chi connectivity index (χ0v) is 9.73. The minimum atomic E-state index is 0.107. The fraction of sp³-hybridized carbons (Fsp3) is 0.286. The van der Waals surface area contributed by atoms with E-state index in [9.17, 15) is 0 Å². The predicted molar refractivity (Wildman–Crippen MR) is 67.6 cm³/mol. The van der Waals surface area contributed by atoms with Crippen LogP contribution in [0.3, 0.4) is 0 Å². The molecule has 0 radical (unpaired) electrons. The summed E-state index contributed by atoms with van der Waals surface area (Å²) in [6.45, 7) is 0.824. The van der Waals surface area contributed by atoms with Gasteiger partial charge in [0, 0.05) is 13.7 Å². The fourth-order valence-electron chi connectivity index (χ4n) is 2.04. The number of nitrogens with one attached hydrogen (secondary N) is 1. The Morgan fingerprint density at radius 1 is 1.12 bits per heavy atom. The van der Waals surface area contributed by atoms with E-state index in [0.717, 1.165) is 6.54 Å². The normalized spacial score (nSPS) is 12.9. The minimum absolute atomic E-state index is 0.107. The first-order chi connectivity index (χ1) is 7.86. The molecule has 2 aromatic rings. The molecule has 84 valence electrons. The molecule has 16 heavy (non-hydrogen) atoms. The second-order valence-corrected chi connectivity index (χ2v) is 3.85. The molecule has 1 unspecified atom stereocenters. The van der Waals surface area contributed by atoms with Crippen molar-refractivity contribution in [2.75, 3.05) is 20.7 Å². The van der Waals surface area contributed by atoms with Gasteiger partial charge in [-0.3, -0.25) is 0 Å². The van der Waals surface area contributed by atoms with Crippen LogP contribution in [-0.2, 0) is 4.74 Å². The second-order valence-electron chi connectivity index (χ2n) is 3.85. The highest BCUT2D eigenvalue weighted by Gasteiger charge is 2.11. The van der Waals surface area contributed by atoms with E-state index in [2.05, 4.69) is 47.8 Å². The zero-order valence-electron chi connectivity index (χ0n) is 9.73. The van der Waals surface area contributed by atoms with E-state index in [-0.39, 0.29) is 6.10 Å². The van der Waals surface area contributed by atoms with E-state index >= 15 is 0 Å². The van der Waals surface area contributed by atoms with Crippen molar-refractivity contribution in [1.29, 1.82) is 0 Å².